The molecular weight excluding hydrogens is 220 g/mol. The second-order valence-corrected chi connectivity index (χ2v) is 4.41. The normalized spacial score (nSPS) is 11.0. The van der Waals surface area contributed by atoms with Crippen molar-refractivity contribution in [3.63, 3.8) is 0 Å². The molecule has 0 aliphatic rings. The molecule has 5 heteroatoms. The Kier molecular flexibility index (Phi) is 2.98. The fraction of sp³-hybridized carbons (Fsp3) is 0.222. The lowest BCUT2D eigenvalue weighted by atomic mass is 10.3. The topological polar surface area (TPSA) is 48.1 Å². The summed E-state index contributed by atoms with van der Waals surface area (Å²) < 4.78 is 1.14. The van der Waals surface area contributed by atoms with E-state index in [0.29, 0.717) is 11.8 Å². The number of aromatic nitrogens is 1. The third-order valence-corrected chi connectivity index (χ3v) is 3.22. The number of fused-ring (bicyclic) bond motifs is 1. The largest absolute Gasteiger partial charge is 0.304 e. The number of nitrogens with two attached hydrogens (primary N) is 1. The Morgan fingerprint density at radius 2 is 2.36 bits per heavy atom. The van der Waals surface area contributed by atoms with Crippen LogP contribution in [0, 0.1) is 0 Å². The van der Waals surface area contributed by atoms with Crippen LogP contribution in [0.4, 0.5) is 0 Å². The highest BCUT2D eigenvalue weighted by Crippen LogP contribution is 2.25. The Morgan fingerprint density at radius 3 is 3.14 bits per heavy atom. The van der Waals surface area contributed by atoms with Crippen LogP contribution in [-0.4, -0.2) is 11.6 Å². The molecule has 0 aliphatic heterocycles. The van der Waals surface area contributed by atoms with Crippen LogP contribution in [0.1, 0.15) is 4.88 Å². The minimum Gasteiger partial charge on any atom is -0.304 e. The van der Waals surface area contributed by atoms with Crippen LogP contribution in [0.15, 0.2) is 18.2 Å². The van der Waals surface area contributed by atoms with E-state index < -0.39 is 0 Å². The number of rotatable bonds is 3. The molecule has 0 atom stereocenters. The van der Waals surface area contributed by atoms with E-state index in [1.807, 2.05) is 12.1 Å². The third-order valence-electron chi connectivity index (χ3n) is 1.86. The predicted octanol–water partition coefficient (Wildman–Crippen LogP) is 2.38. The van der Waals surface area contributed by atoms with Gasteiger partial charge in [0, 0.05) is 11.3 Å². The zero-order valence-electron chi connectivity index (χ0n) is 7.37. The van der Waals surface area contributed by atoms with Gasteiger partial charge in [0.05, 0.1) is 16.8 Å². The molecule has 2 rings (SSSR count). The molecule has 3 nitrogen and oxygen atoms in total. The molecular formula is C9H9ClN2OS. The van der Waals surface area contributed by atoms with Crippen molar-refractivity contribution in [3.8, 4) is 0 Å². The predicted molar refractivity (Wildman–Crippen MR) is 58.5 cm³/mol. The maximum atomic E-state index is 5.78. The molecule has 0 saturated carbocycles. The molecule has 0 bridgehead atoms. The van der Waals surface area contributed by atoms with Crippen molar-refractivity contribution in [2.75, 3.05) is 6.61 Å². The standard InChI is InChI=1S/C9H9ClN2OS/c10-9-2-1-8-7(12-9)5-6(14-8)3-4-13-11/h1-2,5H,3-4,11H2. The van der Waals surface area contributed by atoms with Crippen molar-refractivity contribution in [1.82, 2.24) is 4.98 Å². The average Bonchev–Trinajstić information content (AvgIpc) is 2.56. The van der Waals surface area contributed by atoms with Crippen molar-refractivity contribution in [2.24, 2.45) is 5.90 Å². The van der Waals surface area contributed by atoms with Gasteiger partial charge in [-0.2, -0.15) is 0 Å². The number of nitrogens with zero attached hydrogens (tertiary/aromatic N) is 1. The quantitative estimate of drug-likeness (QED) is 0.648. The Balaban J connectivity index is 2.32. The summed E-state index contributed by atoms with van der Waals surface area (Å²) in [4.78, 5) is 9.94. The molecule has 2 N–H and O–H groups in total. The van der Waals surface area contributed by atoms with Gasteiger partial charge < -0.3 is 4.84 Å². The van der Waals surface area contributed by atoms with Gasteiger partial charge in [-0.1, -0.05) is 11.6 Å². The zero-order chi connectivity index (χ0) is 9.97. The number of hydrogen-bond donors (Lipinski definition) is 1. The minimum atomic E-state index is 0.525. The van der Waals surface area contributed by atoms with Gasteiger partial charge in [-0.25, -0.2) is 10.9 Å². The van der Waals surface area contributed by atoms with E-state index in [1.165, 1.54) is 4.88 Å². The number of hydrogen-bond acceptors (Lipinski definition) is 4. The first-order valence-electron chi connectivity index (χ1n) is 4.16. The average molecular weight is 229 g/mol. The van der Waals surface area contributed by atoms with Gasteiger partial charge in [-0.3, -0.25) is 0 Å². The molecule has 74 valence electrons. The van der Waals surface area contributed by atoms with E-state index in [-0.39, 0.29) is 0 Å². The van der Waals surface area contributed by atoms with Gasteiger partial charge in [0.1, 0.15) is 5.15 Å². The Bertz CT molecular complexity index is 443. The summed E-state index contributed by atoms with van der Waals surface area (Å²) >= 11 is 7.47. The fourth-order valence-electron chi connectivity index (χ4n) is 1.23. The molecule has 0 amide bonds. The van der Waals surface area contributed by atoms with Gasteiger partial charge in [0.2, 0.25) is 0 Å². The second kappa shape index (κ2) is 4.23. The smallest absolute Gasteiger partial charge is 0.129 e. The molecule has 0 spiro atoms. The monoisotopic (exact) mass is 228 g/mol. The first kappa shape index (κ1) is 9.86. The van der Waals surface area contributed by atoms with Crippen LogP contribution in [0.2, 0.25) is 5.15 Å². The van der Waals surface area contributed by atoms with Gasteiger partial charge in [-0.05, 0) is 18.2 Å². The van der Waals surface area contributed by atoms with E-state index >= 15 is 0 Å². The summed E-state index contributed by atoms with van der Waals surface area (Å²) in [5, 5.41) is 0.525. The first-order chi connectivity index (χ1) is 6.79. The summed E-state index contributed by atoms with van der Waals surface area (Å²) in [5.41, 5.74) is 0.939. The van der Waals surface area contributed by atoms with Crippen LogP contribution >= 0.6 is 22.9 Å². The highest BCUT2D eigenvalue weighted by atomic mass is 35.5. The van der Waals surface area contributed by atoms with Gasteiger partial charge in [0.15, 0.2) is 0 Å². The van der Waals surface area contributed by atoms with E-state index in [4.69, 9.17) is 17.5 Å². The fourth-order valence-corrected chi connectivity index (χ4v) is 2.37. The molecule has 2 heterocycles. The van der Waals surface area contributed by atoms with Crippen molar-refractivity contribution < 1.29 is 4.84 Å². The van der Waals surface area contributed by atoms with Gasteiger partial charge in [0.25, 0.3) is 0 Å². The van der Waals surface area contributed by atoms with E-state index in [9.17, 15) is 0 Å². The molecule has 14 heavy (non-hydrogen) atoms. The van der Waals surface area contributed by atoms with Gasteiger partial charge >= 0.3 is 0 Å². The highest BCUT2D eigenvalue weighted by molar-refractivity contribution is 7.19. The highest BCUT2D eigenvalue weighted by Gasteiger charge is 2.03. The van der Waals surface area contributed by atoms with Crippen molar-refractivity contribution >= 4 is 33.2 Å². The zero-order valence-corrected chi connectivity index (χ0v) is 8.94. The number of halogens is 1. The maximum absolute atomic E-state index is 5.78. The molecule has 2 aromatic heterocycles. The van der Waals surface area contributed by atoms with Gasteiger partial charge in [-0.15, -0.1) is 11.3 Å². The summed E-state index contributed by atoms with van der Waals surface area (Å²) in [6.45, 7) is 0.528. The lowest BCUT2D eigenvalue weighted by Gasteiger charge is -1.92. The van der Waals surface area contributed by atoms with Crippen molar-refractivity contribution in [2.45, 2.75) is 6.42 Å². The molecule has 0 aliphatic carbocycles. The second-order valence-electron chi connectivity index (χ2n) is 2.85. The maximum Gasteiger partial charge on any atom is 0.129 e. The van der Waals surface area contributed by atoms with Crippen LogP contribution in [-0.2, 0) is 11.3 Å². The summed E-state index contributed by atoms with van der Waals surface area (Å²) in [6, 6.07) is 5.79. The number of pyridine rings is 1. The lowest BCUT2D eigenvalue weighted by Crippen LogP contribution is -2.02. The van der Waals surface area contributed by atoms with E-state index in [2.05, 4.69) is 9.82 Å². The van der Waals surface area contributed by atoms with Crippen LogP contribution in [0.25, 0.3) is 10.2 Å². The van der Waals surface area contributed by atoms with Crippen LogP contribution in [0.5, 0.6) is 0 Å². The summed E-state index contributed by atoms with van der Waals surface area (Å²) in [7, 11) is 0. The summed E-state index contributed by atoms with van der Waals surface area (Å²) in [6.07, 6.45) is 0.815. The molecule has 0 fully saturated rings. The minimum absolute atomic E-state index is 0.525. The molecule has 0 unspecified atom stereocenters. The van der Waals surface area contributed by atoms with Crippen molar-refractivity contribution in [3.05, 3.63) is 28.2 Å². The lowest BCUT2D eigenvalue weighted by molar-refractivity contribution is 0.142. The third kappa shape index (κ3) is 2.04. The SMILES string of the molecule is NOCCc1cc2nc(Cl)ccc2s1. The van der Waals surface area contributed by atoms with E-state index in [0.717, 1.165) is 16.6 Å². The van der Waals surface area contributed by atoms with Crippen LogP contribution in [0.3, 0.4) is 0 Å². The molecule has 0 aromatic carbocycles. The first-order valence-corrected chi connectivity index (χ1v) is 5.35. The van der Waals surface area contributed by atoms with E-state index in [1.54, 1.807) is 17.4 Å². The molecule has 2 aromatic rings. The Labute approximate surface area is 90.4 Å². The van der Waals surface area contributed by atoms with Crippen molar-refractivity contribution in [1.29, 1.82) is 0 Å². The van der Waals surface area contributed by atoms with Crippen LogP contribution < -0.4 is 5.90 Å². The summed E-state index contributed by atoms with van der Waals surface area (Å²) in [5.74, 6) is 4.96. The molecule has 0 saturated heterocycles. The Morgan fingerprint density at radius 1 is 1.50 bits per heavy atom. The Hall–Kier alpha value is -0.680. The number of thiophene rings is 1. The molecule has 0 radical (unpaired) electrons.